The second kappa shape index (κ2) is 6.63. The highest BCUT2D eigenvalue weighted by Gasteiger charge is 2.30. The van der Waals surface area contributed by atoms with Crippen molar-refractivity contribution in [2.24, 2.45) is 5.92 Å². The maximum atomic E-state index is 12.7. The lowest BCUT2D eigenvalue weighted by atomic mass is 9.95. The van der Waals surface area contributed by atoms with Crippen LogP contribution in [0.1, 0.15) is 24.2 Å². The number of aromatic nitrogens is 3. The maximum Gasteiger partial charge on any atom is 0.225 e. The minimum absolute atomic E-state index is 0.132. The smallest absolute Gasteiger partial charge is 0.225 e. The van der Waals surface area contributed by atoms with Gasteiger partial charge in [-0.15, -0.1) is 0 Å². The maximum absolute atomic E-state index is 12.7. The molecule has 134 valence electrons. The summed E-state index contributed by atoms with van der Waals surface area (Å²) < 4.78 is 7.27. The van der Waals surface area contributed by atoms with Gasteiger partial charge in [-0.2, -0.15) is 9.61 Å². The van der Waals surface area contributed by atoms with Crippen LogP contribution in [-0.2, 0) is 9.53 Å². The van der Waals surface area contributed by atoms with Crippen LogP contribution in [0.15, 0.2) is 12.1 Å². The molecule has 0 saturated carbocycles. The lowest BCUT2D eigenvalue weighted by Gasteiger charge is -2.36. The fourth-order valence-corrected chi connectivity index (χ4v) is 3.82. The number of carbonyl (C=O) groups excluding carboxylic acids is 1. The van der Waals surface area contributed by atoms with Crippen molar-refractivity contribution in [3.63, 3.8) is 0 Å². The van der Waals surface area contributed by atoms with Gasteiger partial charge in [-0.1, -0.05) is 0 Å². The molecule has 2 aromatic rings. The molecule has 0 spiro atoms. The van der Waals surface area contributed by atoms with E-state index in [9.17, 15) is 4.79 Å². The molecule has 2 aromatic heterocycles. The van der Waals surface area contributed by atoms with Gasteiger partial charge in [-0.05, 0) is 26.7 Å². The minimum Gasteiger partial charge on any atom is -0.378 e. The topological polar surface area (TPSA) is 63.0 Å². The van der Waals surface area contributed by atoms with Gasteiger partial charge in [0.1, 0.15) is 5.82 Å². The van der Waals surface area contributed by atoms with Crippen molar-refractivity contribution in [3.8, 4) is 0 Å². The molecular weight excluding hydrogens is 318 g/mol. The Morgan fingerprint density at radius 2 is 1.80 bits per heavy atom. The molecule has 0 unspecified atom stereocenters. The van der Waals surface area contributed by atoms with Crippen LogP contribution in [0.3, 0.4) is 0 Å². The van der Waals surface area contributed by atoms with E-state index in [1.54, 1.807) is 0 Å². The first-order chi connectivity index (χ1) is 12.1. The molecule has 0 radical (unpaired) electrons. The van der Waals surface area contributed by atoms with Gasteiger partial charge in [0.2, 0.25) is 5.91 Å². The highest BCUT2D eigenvalue weighted by Crippen LogP contribution is 2.26. The first-order valence-corrected chi connectivity index (χ1v) is 9.07. The van der Waals surface area contributed by atoms with Crippen LogP contribution >= 0.6 is 0 Å². The molecule has 2 fully saturated rings. The van der Waals surface area contributed by atoms with Crippen LogP contribution < -0.4 is 4.90 Å². The summed E-state index contributed by atoms with van der Waals surface area (Å²) in [5.74, 6) is 1.51. The van der Waals surface area contributed by atoms with Gasteiger partial charge in [0, 0.05) is 49.9 Å². The zero-order chi connectivity index (χ0) is 17.4. The first-order valence-electron chi connectivity index (χ1n) is 9.07. The largest absolute Gasteiger partial charge is 0.378 e. The Hall–Kier alpha value is -2.15. The van der Waals surface area contributed by atoms with E-state index in [4.69, 9.17) is 4.74 Å². The average Bonchev–Trinajstić information content (AvgIpc) is 3.01. The monoisotopic (exact) mass is 343 g/mol. The molecule has 25 heavy (non-hydrogen) atoms. The summed E-state index contributed by atoms with van der Waals surface area (Å²) >= 11 is 0. The van der Waals surface area contributed by atoms with Gasteiger partial charge in [0.25, 0.3) is 0 Å². The standard InChI is InChI=1S/C18H25N5O2/c1-13-12-17(23-16(19-13)11-14(2)20-23)21-5-3-15(4-6-21)18(24)22-7-9-25-10-8-22/h11-12,15H,3-10H2,1-2H3. The summed E-state index contributed by atoms with van der Waals surface area (Å²) in [5, 5.41) is 4.58. The van der Waals surface area contributed by atoms with Crippen molar-refractivity contribution >= 4 is 17.4 Å². The summed E-state index contributed by atoms with van der Waals surface area (Å²) in [6.45, 7) is 8.54. The summed E-state index contributed by atoms with van der Waals surface area (Å²) in [6, 6.07) is 4.09. The van der Waals surface area contributed by atoms with E-state index in [2.05, 4.69) is 21.0 Å². The van der Waals surface area contributed by atoms with Gasteiger partial charge in [-0.25, -0.2) is 4.98 Å². The Morgan fingerprint density at radius 1 is 1.08 bits per heavy atom. The molecule has 4 rings (SSSR count). The van der Waals surface area contributed by atoms with E-state index in [1.807, 2.05) is 29.3 Å². The zero-order valence-corrected chi connectivity index (χ0v) is 14.9. The van der Waals surface area contributed by atoms with Crippen molar-refractivity contribution < 1.29 is 9.53 Å². The number of amides is 1. The number of piperidine rings is 1. The third-order valence-corrected chi connectivity index (χ3v) is 5.15. The number of ether oxygens (including phenoxy) is 1. The van der Waals surface area contributed by atoms with Crippen molar-refractivity contribution in [2.45, 2.75) is 26.7 Å². The van der Waals surface area contributed by atoms with Gasteiger partial charge in [0.15, 0.2) is 5.65 Å². The molecule has 2 saturated heterocycles. The highest BCUT2D eigenvalue weighted by atomic mass is 16.5. The molecule has 0 aromatic carbocycles. The van der Waals surface area contributed by atoms with E-state index < -0.39 is 0 Å². The number of nitrogens with zero attached hydrogens (tertiary/aromatic N) is 5. The van der Waals surface area contributed by atoms with Crippen molar-refractivity contribution in [1.82, 2.24) is 19.5 Å². The molecule has 0 N–H and O–H groups in total. The number of fused-ring (bicyclic) bond motifs is 1. The molecule has 4 heterocycles. The molecule has 2 aliphatic rings. The van der Waals surface area contributed by atoms with Gasteiger partial charge in [0.05, 0.1) is 18.9 Å². The summed E-state index contributed by atoms with van der Waals surface area (Å²) in [6.07, 6.45) is 1.78. The zero-order valence-electron chi connectivity index (χ0n) is 14.9. The number of aryl methyl sites for hydroxylation is 2. The third kappa shape index (κ3) is 3.20. The fourth-order valence-electron chi connectivity index (χ4n) is 3.82. The number of carbonyl (C=O) groups is 1. The first kappa shape index (κ1) is 16.3. The van der Waals surface area contributed by atoms with Crippen molar-refractivity contribution in [2.75, 3.05) is 44.3 Å². The molecule has 0 atom stereocenters. The van der Waals surface area contributed by atoms with Crippen molar-refractivity contribution in [3.05, 3.63) is 23.5 Å². The Bertz CT molecular complexity index is 773. The highest BCUT2D eigenvalue weighted by molar-refractivity contribution is 5.79. The lowest BCUT2D eigenvalue weighted by molar-refractivity contribution is -0.140. The molecule has 7 heteroatoms. The average molecular weight is 343 g/mol. The second-order valence-electron chi connectivity index (χ2n) is 7.01. The summed E-state index contributed by atoms with van der Waals surface area (Å²) in [5.41, 5.74) is 2.85. The van der Waals surface area contributed by atoms with E-state index >= 15 is 0 Å². The van der Waals surface area contributed by atoms with Crippen LogP contribution in [0.2, 0.25) is 0 Å². The molecule has 2 aliphatic heterocycles. The molecular formula is C18H25N5O2. The third-order valence-electron chi connectivity index (χ3n) is 5.15. The van der Waals surface area contributed by atoms with Crippen LogP contribution in [0, 0.1) is 19.8 Å². The Balaban J connectivity index is 1.48. The molecule has 7 nitrogen and oxygen atoms in total. The summed E-state index contributed by atoms with van der Waals surface area (Å²) in [7, 11) is 0. The molecule has 0 aliphatic carbocycles. The number of rotatable bonds is 2. The van der Waals surface area contributed by atoms with E-state index in [-0.39, 0.29) is 5.92 Å². The Morgan fingerprint density at radius 3 is 2.52 bits per heavy atom. The number of anilines is 1. The quantitative estimate of drug-likeness (QED) is 0.825. The second-order valence-corrected chi connectivity index (χ2v) is 7.01. The number of hydrogen-bond donors (Lipinski definition) is 0. The van der Waals surface area contributed by atoms with E-state index in [1.165, 1.54) is 0 Å². The van der Waals surface area contributed by atoms with Crippen LogP contribution in [0.5, 0.6) is 0 Å². The lowest BCUT2D eigenvalue weighted by Crippen LogP contribution is -2.47. The van der Waals surface area contributed by atoms with Gasteiger partial charge >= 0.3 is 0 Å². The number of morpholine rings is 1. The van der Waals surface area contributed by atoms with Gasteiger partial charge in [-0.3, -0.25) is 4.79 Å². The Kier molecular flexibility index (Phi) is 4.33. The predicted molar refractivity (Wildman–Crippen MR) is 94.8 cm³/mol. The number of hydrogen-bond acceptors (Lipinski definition) is 5. The minimum atomic E-state index is 0.132. The molecule has 1 amide bonds. The predicted octanol–water partition coefficient (Wildman–Crippen LogP) is 1.42. The summed E-state index contributed by atoms with van der Waals surface area (Å²) in [4.78, 5) is 21.5. The van der Waals surface area contributed by atoms with Crippen molar-refractivity contribution in [1.29, 1.82) is 0 Å². The van der Waals surface area contributed by atoms with Crippen LogP contribution in [-0.4, -0.2) is 64.8 Å². The normalized spacial score (nSPS) is 19.6. The fraction of sp³-hybridized carbons (Fsp3) is 0.611. The van der Waals surface area contributed by atoms with Crippen LogP contribution in [0.4, 0.5) is 5.82 Å². The van der Waals surface area contributed by atoms with E-state index in [0.29, 0.717) is 19.1 Å². The molecule has 0 bridgehead atoms. The van der Waals surface area contributed by atoms with Gasteiger partial charge < -0.3 is 14.5 Å². The van der Waals surface area contributed by atoms with E-state index in [0.717, 1.165) is 61.9 Å². The van der Waals surface area contributed by atoms with Crippen LogP contribution in [0.25, 0.3) is 5.65 Å². The SMILES string of the molecule is Cc1cc(N2CCC(C(=O)N3CCOCC3)CC2)n2nc(C)cc2n1. The Labute approximate surface area is 147 Å².